The fraction of sp³-hybridized carbons (Fsp3) is 0.375. The topological polar surface area (TPSA) is 95.9 Å². The predicted octanol–water partition coefficient (Wildman–Crippen LogP) is 2.74. The lowest BCUT2D eigenvalue weighted by Crippen LogP contribution is -2.45. The normalized spacial score (nSPS) is 17.9. The number of aliphatic carboxylic acids is 1. The molecule has 0 aliphatic carbocycles. The molecule has 2 aromatic rings. The van der Waals surface area contributed by atoms with Gasteiger partial charge in [-0.1, -0.05) is 42.5 Å². The smallest absolute Gasteiger partial charge is 0.326 e. The zero-order chi connectivity index (χ0) is 22.2. The lowest BCUT2D eigenvalue weighted by molar-refractivity contribution is -0.148. The molecule has 1 aliphatic rings. The molecule has 2 amide bonds. The Kier molecular flexibility index (Phi) is 7.65. The maximum absolute atomic E-state index is 12.7. The van der Waals surface area contributed by atoms with E-state index in [4.69, 9.17) is 4.74 Å². The van der Waals surface area contributed by atoms with Crippen LogP contribution in [0.25, 0.3) is 0 Å². The summed E-state index contributed by atoms with van der Waals surface area (Å²) in [5, 5.41) is 12.2. The Balaban J connectivity index is 1.46. The molecule has 7 nitrogen and oxygen atoms in total. The van der Waals surface area contributed by atoms with Gasteiger partial charge in [0.1, 0.15) is 11.8 Å². The van der Waals surface area contributed by atoms with Crippen LogP contribution in [0.4, 0.5) is 0 Å². The van der Waals surface area contributed by atoms with Gasteiger partial charge in [-0.15, -0.1) is 0 Å². The molecule has 1 saturated heterocycles. The van der Waals surface area contributed by atoms with Crippen LogP contribution in [0, 0.1) is 6.92 Å². The molecule has 0 bridgehead atoms. The Bertz CT molecular complexity index is 915. The van der Waals surface area contributed by atoms with E-state index in [1.165, 1.54) is 4.90 Å². The third-order valence-electron chi connectivity index (χ3n) is 5.53. The Morgan fingerprint density at radius 1 is 1.10 bits per heavy atom. The van der Waals surface area contributed by atoms with Crippen LogP contribution in [0.5, 0.6) is 5.75 Å². The number of carbonyl (C=O) groups is 3. The van der Waals surface area contributed by atoms with Gasteiger partial charge in [-0.25, -0.2) is 4.79 Å². The van der Waals surface area contributed by atoms with Gasteiger partial charge in [0.05, 0.1) is 13.2 Å². The van der Waals surface area contributed by atoms with E-state index < -0.39 is 12.0 Å². The summed E-state index contributed by atoms with van der Waals surface area (Å²) >= 11 is 0. The number of hydrogen-bond acceptors (Lipinski definition) is 4. The number of carboxylic acid groups (broad SMARTS) is 1. The van der Waals surface area contributed by atoms with Crippen molar-refractivity contribution >= 4 is 17.8 Å². The van der Waals surface area contributed by atoms with Crippen molar-refractivity contribution in [1.29, 1.82) is 0 Å². The molecule has 1 aliphatic heterocycles. The lowest BCUT2D eigenvalue weighted by atomic mass is 9.93. The molecule has 1 heterocycles. The number of amides is 2. The second-order valence-corrected chi connectivity index (χ2v) is 7.73. The van der Waals surface area contributed by atoms with E-state index in [0.717, 1.165) is 16.9 Å². The van der Waals surface area contributed by atoms with E-state index >= 15 is 0 Å². The zero-order valence-electron chi connectivity index (χ0n) is 17.6. The maximum atomic E-state index is 12.7. The Labute approximate surface area is 182 Å². The van der Waals surface area contributed by atoms with Crippen molar-refractivity contribution < 1.29 is 24.2 Å². The second kappa shape index (κ2) is 10.6. The number of hydrogen-bond donors (Lipinski definition) is 2. The van der Waals surface area contributed by atoms with Crippen LogP contribution in [0.2, 0.25) is 0 Å². The van der Waals surface area contributed by atoms with Gasteiger partial charge < -0.3 is 20.1 Å². The number of rotatable bonds is 9. The summed E-state index contributed by atoms with van der Waals surface area (Å²) in [4.78, 5) is 37.8. The third-order valence-corrected chi connectivity index (χ3v) is 5.53. The number of carbonyl (C=O) groups excluding carboxylic acids is 2. The molecule has 0 spiro atoms. The number of nitrogens with zero attached hydrogens (tertiary/aromatic N) is 1. The fourth-order valence-electron chi connectivity index (χ4n) is 3.92. The van der Waals surface area contributed by atoms with Gasteiger partial charge in [0.2, 0.25) is 11.8 Å². The van der Waals surface area contributed by atoms with Gasteiger partial charge in [0, 0.05) is 18.9 Å². The summed E-state index contributed by atoms with van der Waals surface area (Å²) in [6.07, 6.45) is 1.12. The van der Waals surface area contributed by atoms with E-state index in [1.807, 2.05) is 61.5 Å². The van der Waals surface area contributed by atoms with Crippen LogP contribution in [0.15, 0.2) is 54.6 Å². The van der Waals surface area contributed by atoms with Gasteiger partial charge in [-0.05, 0) is 43.0 Å². The monoisotopic (exact) mass is 424 g/mol. The summed E-state index contributed by atoms with van der Waals surface area (Å²) in [6, 6.07) is 16.3. The molecular formula is C24H28N2O5. The number of ether oxygens (including phenoxy) is 1. The number of carboxylic acids is 1. The Hall–Kier alpha value is -3.35. The van der Waals surface area contributed by atoms with Crippen molar-refractivity contribution in [3.8, 4) is 5.75 Å². The van der Waals surface area contributed by atoms with Gasteiger partial charge in [-0.3, -0.25) is 9.59 Å². The molecule has 7 heteroatoms. The second-order valence-electron chi connectivity index (χ2n) is 7.73. The zero-order valence-corrected chi connectivity index (χ0v) is 17.6. The van der Waals surface area contributed by atoms with Crippen molar-refractivity contribution in [3.05, 3.63) is 65.7 Å². The first-order valence-corrected chi connectivity index (χ1v) is 10.5. The highest BCUT2D eigenvalue weighted by Crippen LogP contribution is 2.33. The van der Waals surface area contributed by atoms with E-state index in [-0.39, 0.29) is 30.7 Å². The van der Waals surface area contributed by atoms with Crippen LogP contribution in [0.3, 0.4) is 0 Å². The Morgan fingerprint density at radius 3 is 2.52 bits per heavy atom. The maximum Gasteiger partial charge on any atom is 0.326 e. The molecule has 2 atom stereocenters. The van der Waals surface area contributed by atoms with E-state index in [0.29, 0.717) is 26.0 Å². The van der Waals surface area contributed by atoms with Crippen LogP contribution in [-0.4, -0.2) is 53.5 Å². The minimum atomic E-state index is -1.02. The van der Waals surface area contributed by atoms with E-state index in [2.05, 4.69) is 5.32 Å². The van der Waals surface area contributed by atoms with Crippen LogP contribution >= 0.6 is 0 Å². The first-order valence-electron chi connectivity index (χ1n) is 10.5. The van der Waals surface area contributed by atoms with Crippen molar-refractivity contribution in [2.45, 2.75) is 38.1 Å². The standard InChI is InChI=1S/C24H28N2O5/c1-17-8-5-6-11-20(17)18-14-21(24(29)30)26(16-18)23(28)15-25-22(27)12-7-13-31-19-9-3-2-4-10-19/h2-6,8-11,18,21H,7,12-16H2,1H3,(H,25,27)(H,29,30). The highest BCUT2D eigenvalue weighted by atomic mass is 16.5. The van der Waals surface area contributed by atoms with Crippen molar-refractivity contribution in [3.63, 3.8) is 0 Å². The van der Waals surface area contributed by atoms with Gasteiger partial charge in [0.15, 0.2) is 0 Å². The van der Waals surface area contributed by atoms with Gasteiger partial charge in [-0.2, -0.15) is 0 Å². The summed E-state index contributed by atoms with van der Waals surface area (Å²) in [5.74, 6) is -0.940. The molecule has 2 unspecified atom stereocenters. The van der Waals surface area contributed by atoms with Crippen LogP contribution in [-0.2, 0) is 14.4 Å². The van der Waals surface area contributed by atoms with E-state index in [1.54, 1.807) is 0 Å². The number of aryl methyl sites for hydroxylation is 1. The number of likely N-dealkylation sites (tertiary alicyclic amines) is 1. The van der Waals surface area contributed by atoms with Crippen molar-refractivity contribution in [2.75, 3.05) is 19.7 Å². The van der Waals surface area contributed by atoms with Crippen LogP contribution < -0.4 is 10.1 Å². The molecule has 164 valence electrons. The quantitative estimate of drug-likeness (QED) is 0.604. The lowest BCUT2D eigenvalue weighted by Gasteiger charge is -2.21. The third kappa shape index (κ3) is 6.07. The van der Waals surface area contributed by atoms with Crippen molar-refractivity contribution in [1.82, 2.24) is 10.2 Å². The largest absolute Gasteiger partial charge is 0.494 e. The molecule has 1 fully saturated rings. The average Bonchev–Trinajstić information content (AvgIpc) is 3.22. The first-order chi connectivity index (χ1) is 15.0. The minimum absolute atomic E-state index is 0.0305. The molecule has 2 aromatic carbocycles. The number of nitrogens with one attached hydrogen (secondary N) is 1. The summed E-state index contributed by atoms with van der Waals surface area (Å²) in [6.45, 7) is 2.51. The Morgan fingerprint density at radius 2 is 1.81 bits per heavy atom. The molecule has 0 radical (unpaired) electrons. The highest BCUT2D eigenvalue weighted by Gasteiger charge is 2.40. The molecule has 0 aromatic heterocycles. The minimum Gasteiger partial charge on any atom is -0.494 e. The van der Waals surface area contributed by atoms with Crippen LogP contribution in [0.1, 0.15) is 36.3 Å². The molecular weight excluding hydrogens is 396 g/mol. The predicted molar refractivity (Wildman–Crippen MR) is 116 cm³/mol. The molecule has 2 N–H and O–H groups in total. The van der Waals surface area contributed by atoms with Gasteiger partial charge in [0.25, 0.3) is 0 Å². The fourth-order valence-corrected chi connectivity index (χ4v) is 3.92. The highest BCUT2D eigenvalue weighted by molar-refractivity contribution is 5.88. The molecule has 0 saturated carbocycles. The SMILES string of the molecule is Cc1ccccc1C1CC(C(=O)O)N(C(=O)CNC(=O)CCCOc2ccccc2)C1. The number of benzene rings is 2. The first kappa shape index (κ1) is 22.3. The summed E-state index contributed by atoms with van der Waals surface area (Å²) in [7, 11) is 0. The molecule has 3 rings (SSSR count). The summed E-state index contributed by atoms with van der Waals surface area (Å²) in [5.41, 5.74) is 2.14. The summed E-state index contributed by atoms with van der Waals surface area (Å²) < 4.78 is 5.55. The molecule has 31 heavy (non-hydrogen) atoms. The number of para-hydroxylation sites is 1. The van der Waals surface area contributed by atoms with Gasteiger partial charge >= 0.3 is 5.97 Å². The van der Waals surface area contributed by atoms with Crippen molar-refractivity contribution in [2.24, 2.45) is 0 Å². The average molecular weight is 424 g/mol. The van der Waals surface area contributed by atoms with E-state index in [9.17, 15) is 19.5 Å².